The quantitative estimate of drug-likeness (QED) is 0.0228. The predicted molar refractivity (Wildman–Crippen MR) is 322 cm³/mol. The van der Waals surface area contributed by atoms with Crippen LogP contribution in [0.15, 0.2) is 72.9 Å². The van der Waals surface area contributed by atoms with Gasteiger partial charge in [0, 0.05) is 19.3 Å². The molecule has 0 bridgehead atoms. The molecule has 0 aromatic carbocycles. The van der Waals surface area contributed by atoms with Gasteiger partial charge in [0.05, 0.1) is 6.61 Å². The molecule has 1 heterocycles. The third-order valence-electron chi connectivity index (χ3n) is 14.3. The molecule has 6 unspecified atom stereocenters. The Morgan fingerprint density at radius 3 is 1.24 bits per heavy atom. The highest BCUT2D eigenvalue weighted by molar-refractivity contribution is 5.74. The number of carboxylic acid groups (broad SMARTS) is 1. The molecule has 1 rings (SSSR count). The van der Waals surface area contributed by atoms with Crippen molar-refractivity contribution in [2.24, 2.45) is 0 Å². The monoisotopic (exact) mass is 1110 g/mol. The van der Waals surface area contributed by atoms with Crippen LogP contribution in [0.4, 0.5) is 0 Å². The van der Waals surface area contributed by atoms with Crippen LogP contribution in [0.3, 0.4) is 0 Å². The van der Waals surface area contributed by atoms with Crippen molar-refractivity contribution in [2.75, 3.05) is 13.2 Å². The van der Waals surface area contributed by atoms with Crippen molar-refractivity contribution in [1.29, 1.82) is 0 Å². The Balaban J connectivity index is 2.67. The normalized spacial score (nSPS) is 18.3. The van der Waals surface area contributed by atoms with Gasteiger partial charge in [-0.2, -0.15) is 0 Å². The molecule has 1 aliphatic rings. The van der Waals surface area contributed by atoms with E-state index in [9.17, 15) is 34.5 Å². The lowest BCUT2D eigenvalue weighted by molar-refractivity contribution is -0.301. The second kappa shape index (κ2) is 54.7. The highest BCUT2D eigenvalue weighted by atomic mass is 16.7. The van der Waals surface area contributed by atoms with E-state index >= 15 is 0 Å². The summed E-state index contributed by atoms with van der Waals surface area (Å²) in [4.78, 5) is 51.3. The van der Waals surface area contributed by atoms with E-state index in [0.717, 1.165) is 96.3 Å². The number of esters is 3. The van der Waals surface area contributed by atoms with Gasteiger partial charge in [0.15, 0.2) is 24.6 Å². The first-order valence-electron chi connectivity index (χ1n) is 31.9. The van der Waals surface area contributed by atoms with E-state index in [1.54, 1.807) is 0 Å². The average molecular weight is 1110 g/mol. The van der Waals surface area contributed by atoms with Crippen LogP contribution >= 0.6 is 0 Å². The van der Waals surface area contributed by atoms with Crippen LogP contribution in [0, 0.1) is 0 Å². The van der Waals surface area contributed by atoms with Crippen molar-refractivity contribution in [3.8, 4) is 0 Å². The minimum absolute atomic E-state index is 0.0205. The van der Waals surface area contributed by atoms with Crippen molar-refractivity contribution in [2.45, 2.75) is 314 Å². The Labute approximate surface area is 480 Å². The number of aliphatic carboxylic acids is 1. The number of ether oxygens (including phenoxy) is 5. The molecule has 1 fully saturated rings. The Morgan fingerprint density at radius 2 is 0.797 bits per heavy atom. The molecule has 0 aliphatic carbocycles. The molecule has 0 aromatic rings. The maximum absolute atomic E-state index is 13.2. The van der Waals surface area contributed by atoms with Crippen molar-refractivity contribution >= 4 is 23.9 Å². The van der Waals surface area contributed by atoms with Gasteiger partial charge in [0.25, 0.3) is 0 Å². The molecule has 0 spiro atoms. The van der Waals surface area contributed by atoms with Gasteiger partial charge in [0.2, 0.25) is 0 Å². The molecule has 0 amide bonds. The molecule has 0 radical (unpaired) electrons. The van der Waals surface area contributed by atoms with Crippen LogP contribution in [0.1, 0.15) is 278 Å². The number of aliphatic hydroxyl groups is 2. The molecule has 3 N–H and O–H groups in total. The molecule has 12 heteroatoms. The number of allylic oxidation sites excluding steroid dienone is 12. The molecule has 6 atom stereocenters. The number of unbranched alkanes of at least 4 members (excludes halogenated alkanes) is 28. The number of hydrogen-bond acceptors (Lipinski definition) is 11. The third kappa shape index (κ3) is 44.5. The van der Waals surface area contributed by atoms with Gasteiger partial charge in [-0.15, -0.1) is 0 Å². The van der Waals surface area contributed by atoms with Crippen molar-refractivity contribution in [1.82, 2.24) is 0 Å². The maximum atomic E-state index is 13.2. The van der Waals surface area contributed by atoms with E-state index in [2.05, 4.69) is 93.7 Å². The average Bonchev–Trinajstić information content (AvgIpc) is 3.46. The van der Waals surface area contributed by atoms with E-state index in [-0.39, 0.29) is 25.9 Å². The summed E-state index contributed by atoms with van der Waals surface area (Å²) in [6, 6.07) is 0. The second-order valence-electron chi connectivity index (χ2n) is 21.7. The molecule has 12 nitrogen and oxygen atoms in total. The molecule has 1 aliphatic heterocycles. The first kappa shape index (κ1) is 73.2. The molecule has 1 saturated heterocycles. The lowest BCUT2D eigenvalue weighted by Gasteiger charge is -2.40. The summed E-state index contributed by atoms with van der Waals surface area (Å²) in [5.41, 5.74) is 0. The largest absolute Gasteiger partial charge is 0.479 e. The highest BCUT2D eigenvalue weighted by Gasteiger charge is 2.50. The van der Waals surface area contributed by atoms with Crippen molar-refractivity contribution in [3.05, 3.63) is 72.9 Å². The molecule has 454 valence electrons. The van der Waals surface area contributed by atoms with Crippen LogP contribution in [-0.2, 0) is 42.9 Å². The fourth-order valence-electron chi connectivity index (χ4n) is 9.39. The highest BCUT2D eigenvalue weighted by Crippen LogP contribution is 2.26. The van der Waals surface area contributed by atoms with Crippen LogP contribution < -0.4 is 0 Å². The Bertz CT molecular complexity index is 1650. The number of rotatable bonds is 54. The van der Waals surface area contributed by atoms with Gasteiger partial charge in [-0.25, -0.2) is 4.79 Å². The standard InChI is InChI=1S/C67H114O12/c1-4-7-10-13-16-19-22-25-27-29-30-32-34-37-40-43-46-49-52-55-61(70)78-65-63(72)62(71)64(66(73)74)79-67(65)76-57-58(77-60(69)54-51-48-45-42-39-35-24-21-18-15-12-9-6-3)56-75-59(68)53-50-47-44-41-38-36-33-31-28-26-23-20-17-14-11-8-5-2/h7,10,16,19,25-28,30,32,37,40,58,62-65,67,71-72H,4-6,8-9,11-15,17-18,20-24,29,31,33-36,38-39,41-57H2,1-3H3,(H,73,74)/b10-7-,19-16-,27-25-,28-26-,32-30-,40-37-. The fraction of sp³-hybridized carbons (Fsp3) is 0.761. The molecule has 0 aromatic heterocycles. The van der Waals surface area contributed by atoms with Crippen molar-refractivity contribution in [3.63, 3.8) is 0 Å². The molecule has 79 heavy (non-hydrogen) atoms. The summed E-state index contributed by atoms with van der Waals surface area (Å²) >= 11 is 0. The number of carbonyl (C=O) groups excluding carboxylic acids is 3. The SMILES string of the molecule is CC/C=C\C/C=C\C/C=C\C/C=C\C/C=C\CCCCCC(=O)OC1C(OCC(COC(=O)CCCCCCCCC/C=C\CCCCCCCC)OC(=O)CCCCCCCCCCCCCCC)OC(C(=O)O)C(O)C1O. The minimum atomic E-state index is -1.92. The molecular formula is C67H114O12. The van der Waals surface area contributed by atoms with E-state index in [0.29, 0.717) is 19.3 Å². The summed E-state index contributed by atoms with van der Waals surface area (Å²) in [5, 5.41) is 31.6. The lowest BCUT2D eigenvalue weighted by atomic mass is 9.98. The van der Waals surface area contributed by atoms with Gasteiger partial charge in [-0.1, -0.05) is 241 Å². The van der Waals surface area contributed by atoms with Gasteiger partial charge >= 0.3 is 23.9 Å². The smallest absolute Gasteiger partial charge is 0.335 e. The summed E-state index contributed by atoms with van der Waals surface area (Å²) < 4.78 is 28.5. The summed E-state index contributed by atoms with van der Waals surface area (Å²) in [6.07, 6.45) is 57.2. The van der Waals surface area contributed by atoms with Gasteiger partial charge in [0.1, 0.15) is 18.8 Å². The first-order chi connectivity index (χ1) is 38.6. The summed E-state index contributed by atoms with van der Waals surface area (Å²) in [6.45, 7) is 5.88. The number of carboxylic acids is 1. The summed E-state index contributed by atoms with van der Waals surface area (Å²) in [7, 11) is 0. The van der Waals surface area contributed by atoms with Crippen LogP contribution in [0.5, 0.6) is 0 Å². The maximum Gasteiger partial charge on any atom is 0.335 e. The molecule has 0 saturated carbocycles. The zero-order chi connectivity index (χ0) is 57.5. The minimum Gasteiger partial charge on any atom is -0.479 e. The Kier molecular flexibility index (Phi) is 50.7. The van der Waals surface area contributed by atoms with Gasteiger partial charge in [-0.3, -0.25) is 14.4 Å². The predicted octanol–water partition coefficient (Wildman–Crippen LogP) is 16.9. The molecular weight excluding hydrogens is 997 g/mol. The fourth-order valence-corrected chi connectivity index (χ4v) is 9.39. The van der Waals surface area contributed by atoms with E-state index in [1.807, 2.05) is 0 Å². The van der Waals surface area contributed by atoms with Crippen molar-refractivity contribution < 1.29 is 58.2 Å². The first-order valence-corrected chi connectivity index (χ1v) is 31.9. The number of hydrogen-bond donors (Lipinski definition) is 3. The van der Waals surface area contributed by atoms with E-state index < -0.39 is 67.3 Å². The zero-order valence-corrected chi connectivity index (χ0v) is 50.1. The van der Waals surface area contributed by atoms with Gasteiger partial charge < -0.3 is 39.0 Å². The van der Waals surface area contributed by atoms with E-state index in [1.165, 1.54) is 122 Å². The van der Waals surface area contributed by atoms with Crippen LogP contribution in [0.2, 0.25) is 0 Å². The second-order valence-corrected chi connectivity index (χ2v) is 21.7. The van der Waals surface area contributed by atoms with Gasteiger partial charge in [-0.05, 0) is 89.9 Å². The number of carbonyl (C=O) groups is 4. The zero-order valence-electron chi connectivity index (χ0n) is 50.1. The topological polar surface area (TPSA) is 175 Å². The van der Waals surface area contributed by atoms with Crippen LogP contribution in [0.25, 0.3) is 0 Å². The number of aliphatic hydroxyl groups excluding tert-OH is 2. The lowest BCUT2D eigenvalue weighted by Crippen LogP contribution is -2.61. The summed E-state index contributed by atoms with van der Waals surface area (Å²) in [5.74, 6) is -3.15. The Hall–Kier alpha value is -3.84. The Morgan fingerprint density at radius 1 is 0.430 bits per heavy atom. The third-order valence-corrected chi connectivity index (χ3v) is 14.3. The van der Waals surface area contributed by atoms with E-state index in [4.69, 9.17) is 23.7 Å². The van der Waals surface area contributed by atoms with Crippen LogP contribution in [-0.4, -0.2) is 89.2 Å².